The first-order valence-electron chi connectivity index (χ1n) is 6.31. The van der Waals surface area contributed by atoms with Gasteiger partial charge in [-0.1, -0.05) is 36.4 Å². The standard InChI is InChI=1S/C16H12N2O2/c17-9-14-13-8-4-5-11(15(13)16(19)20-14)10-18-12-6-2-1-3-7-12/h1-8,14,18H,10H2. The number of carbonyl (C=O) groups excluding carboxylic acids is 1. The van der Waals surface area contributed by atoms with E-state index in [2.05, 4.69) is 5.32 Å². The number of nitriles is 1. The molecule has 1 aliphatic heterocycles. The van der Waals surface area contributed by atoms with Gasteiger partial charge in [0.25, 0.3) is 0 Å². The zero-order valence-electron chi connectivity index (χ0n) is 10.7. The summed E-state index contributed by atoms with van der Waals surface area (Å²) < 4.78 is 5.05. The van der Waals surface area contributed by atoms with Gasteiger partial charge < -0.3 is 10.1 Å². The Balaban J connectivity index is 1.87. The molecule has 0 spiro atoms. The third-order valence-corrected chi connectivity index (χ3v) is 3.27. The van der Waals surface area contributed by atoms with Crippen molar-refractivity contribution >= 4 is 11.7 Å². The van der Waals surface area contributed by atoms with E-state index in [0.717, 1.165) is 11.3 Å². The van der Waals surface area contributed by atoms with Crippen molar-refractivity contribution < 1.29 is 9.53 Å². The summed E-state index contributed by atoms with van der Waals surface area (Å²) >= 11 is 0. The Morgan fingerprint density at radius 1 is 1.15 bits per heavy atom. The van der Waals surface area contributed by atoms with Crippen LogP contribution in [0.2, 0.25) is 0 Å². The van der Waals surface area contributed by atoms with Gasteiger partial charge in [-0.3, -0.25) is 0 Å². The molecular formula is C16H12N2O2. The summed E-state index contributed by atoms with van der Waals surface area (Å²) in [5, 5.41) is 12.2. The molecule has 4 heteroatoms. The van der Waals surface area contributed by atoms with E-state index in [4.69, 9.17) is 10.00 Å². The van der Waals surface area contributed by atoms with E-state index in [1.54, 1.807) is 6.07 Å². The minimum atomic E-state index is -0.783. The lowest BCUT2D eigenvalue weighted by Crippen LogP contribution is -2.06. The zero-order valence-corrected chi connectivity index (χ0v) is 10.7. The number of rotatable bonds is 3. The number of benzene rings is 2. The van der Waals surface area contributed by atoms with Gasteiger partial charge in [-0.25, -0.2) is 4.79 Å². The van der Waals surface area contributed by atoms with E-state index in [1.165, 1.54) is 0 Å². The first-order chi connectivity index (χ1) is 9.79. The smallest absolute Gasteiger partial charge is 0.340 e. The van der Waals surface area contributed by atoms with Gasteiger partial charge in [0.1, 0.15) is 6.07 Å². The fourth-order valence-corrected chi connectivity index (χ4v) is 2.31. The van der Waals surface area contributed by atoms with Crippen LogP contribution in [0.3, 0.4) is 0 Å². The molecule has 2 aromatic carbocycles. The second kappa shape index (κ2) is 5.06. The van der Waals surface area contributed by atoms with Crippen LogP contribution in [0.1, 0.15) is 27.6 Å². The molecule has 20 heavy (non-hydrogen) atoms. The van der Waals surface area contributed by atoms with Crippen molar-refractivity contribution in [2.24, 2.45) is 0 Å². The van der Waals surface area contributed by atoms with E-state index >= 15 is 0 Å². The highest BCUT2D eigenvalue weighted by molar-refractivity contribution is 5.96. The van der Waals surface area contributed by atoms with E-state index < -0.39 is 12.1 Å². The molecule has 1 atom stereocenters. The Morgan fingerprint density at radius 3 is 2.70 bits per heavy atom. The van der Waals surface area contributed by atoms with Gasteiger partial charge in [0.2, 0.25) is 6.10 Å². The first-order valence-corrected chi connectivity index (χ1v) is 6.31. The Kier molecular flexibility index (Phi) is 3.10. The molecule has 0 fully saturated rings. The molecule has 0 aliphatic carbocycles. The van der Waals surface area contributed by atoms with Crippen molar-refractivity contribution in [3.8, 4) is 6.07 Å². The fraction of sp³-hybridized carbons (Fsp3) is 0.125. The number of carbonyl (C=O) groups is 1. The molecule has 1 aliphatic rings. The van der Waals surface area contributed by atoms with Crippen LogP contribution in [0.15, 0.2) is 48.5 Å². The average Bonchev–Trinajstić information content (AvgIpc) is 2.83. The van der Waals surface area contributed by atoms with Crippen molar-refractivity contribution in [3.63, 3.8) is 0 Å². The number of cyclic esters (lactones) is 1. The number of hydrogen-bond donors (Lipinski definition) is 1. The van der Waals surface area contributed by atoms with Crippen LogP contribution in [0.25, 0.3) is 0 Å². The molecule has 0 bridgehead atoms. The lowest BCUT2D eigenvalue weighted by atomic mass is 10.00. The predicted octanol–water partition coefficient (Wildman–Crippen LogP) is 3.03. The minimum Gasteiger partial charge on any atom is -0.438 e. The Morgan fingerprint density at radius 2 is 1.95 bits per heavy atom. The molecule has 1 unspecified atom stereocenters. The molecule has 2 aromatic rings. The Bertz CT molecular complexity index is 689. The molecule has 1 N–H and O–H groups in total. The first kappa shape index (κ1) is 12.2. The van der Waals surface area contributed by atoms with Crippen molar-refractivity contribution in [1.29, 1.82) is 5.26 Å². The van der Waals surface area contributed by atoms with Gasteiger partial charge in [-0.05, 0) is 17.7 Å². The van der Waals surface area contributed by atoms with Crippen LogP contribution in [-0.4, -0.2) is 5.97 Å². The summed E-state index contributed by atoms with van der Waals surface area (Å²) in [5.41, 5.74) is 3.00. The maximum absolute atomic E-state index is 11.9. The van der Waals surface area contributed by atoms with E-state index in [-0.39, 0.29) is 0 Å². The molecule has 0 saturated heterocycles. The number of nitrogens with zero attached hydrogens (tertiary/aromatic N) is 1. The highest BCUT2D eigenvalue weighted by Crippen LogP contribution is 2.32. The van der Waals surface area contributed by atoms with Crippen LogP contribution in [0, 0.1) is 11.3 Å². The number of anilines is 1. The highest BCUT2D eigenvalue weighted by Gasteiger charge is 2.32. The lowest BCUT2D eigenvalue weighted by molar-refractivity contribution is 0.0477. The fourth-order valence-electron chi connectivity index (χ4n) is 2.31. The van der Waals surface area contributed by atoms with Gasteiger partial charge in [0, 0.05) is 17.8 Å². The molecule has 0 amide bonds. The number of ether oxygens (including phenoxy) is 1. The van der Waals surface area contributed by atoms with Crippen molar-refractivity contribution in [2.45, 2.75) is 12.6 Å². The summed E-state index contributed by atoms with van der Waals surface area (Å²) in [6.07, 6.45) is -0.783. The minimum absolute atomic E-state index is 0.419. The Labute approximate surface area is 116 Å². The van der Waals surface area contributed by atoms with Crippen LogP contribution in [-0.2, 0) is 11.3 Å². The topological polar surface area (TPSA) is 62.1 Å². The monoisotopic (exact) mass is 264 g/mol. The lowest BCUT2D eigenvalue weighted by Gasteiger charge is -2.08. The molecule has 0 radical (unpaired) electrons. The van der Waals surface area contributed by atoms with Gasteiger partial charge in [0.05, 0.1) is 5.56 Å². The van der Waals surface area contributed by atoms with Gasteiger partial charge in [-0.2, -0.15) is 5.26 Å². The second-order valence-corrected chi connectivity index (χ2v) is 4.52. The predicted molar refractivity (Wildman–Crippen MR) is 74.0 cm³/mol. The van der Waals surface area contributed by atoms with E-state index in [9.17, 15) is 4.79 Å². The Hall–Kier alpha value is -2.80. The van der Waals surface area contributed by atoms with Gasteiger partial charge in [-0.15, -0.1) is 0 Å². The number of para-hydroxylation sites is 1. The normalized spacial score (nSPS) is 16.1. The summed E-state index contributed by atoms with van der Waals surface area (Å²) in [5.74, 6) is -0.419. The van der Waals surface area contributed by atoms with Crippen LogP contribution in [0.5, 0.6) is 0 Å². The third kappa shape index (κ3) is 2.10. The second-order valence-electron chi connectivity index (χ2n) is 4.52. The van der Waals surface area contributed by atoms with Crippen molar-refractivity contribution in [1.82, 2.24) is 0 Å². The molecule has 4 nitrogen and oxygen atoms in total. The van der Waals surface area contributed by atoms with Crippen LogP contribution < -0.4 is 5.32 Å². The maximum Gasteiger partial charge on any atom is 0.340 e. The van der Waals surface area contributed by atoms with Crippen molar-refractivity contribution in [2.75, 3.05) is 5.32 Å². The largest absolute Gasteiger partial charge is 0.438 e. The molecule has 3 rings (SSSR count). The quantitative estimate of drug-likeness (QED) is 0.865. The third-order valence-electron chi connectivity index (χ3n) is 3.27. The van der Waals surface area contributed by atoms with Gasteiger partial charge >= 0.3 is 5.97 Å². The van der Waals surface area contributed by atoms with Crippen molar-refractivity contribution in [3.05, 3.63) is 65.2 Å². The number of nitrogens with one attached hydrogen (secondary N) is 1. The summed E-state index contributed by atoms with van der Waals surface area (Å²) in [6, 6.07) is 17.2. The van der Waals surface area contributed by atoms with E-state index in [0.29, 0.717) is 17.7 Å². The average molecular weight is 264 g/mol. The SMILES string of the molecule is N#CC1OC(=O)c2c(CNc3ccccc3)cccc21. The van der Waals surface area contributed by atoms with Crippen LogP contribution in [0.4, 0.5) is 5.69 Å². The molecule has 1 heterocycles. The summed E-state index contributed by atoms with van der Waals surface area (Å²) in [7, 11) is 0. The number of esters is 1. The summed E-state index contributed by atoms with van der Waals surface area (Å²) in [6.45, 7) is 0.514. The molecule has 0 saturated carbocycles. The number of hydrogen-bond acceptors (Lipinski definition) is 4. The van der Waals surface area contributed by atoms with E-state index in [1.807, 2.05) is 48.5 Å². The van der Waals surface area contributed by atoms with Crippen LogP contribution >= 0.6 is 0 Å². The molecule has 0 aromatic heterocycles. The number of fused-ring (bicyclic) bond motifs is 1. The maximum atomic E-state index is 11.9. The summed E-state index contributed by atoms with van der Waals surface area (Å²) in [4.78, 5) is 11.9. The zero-order chi connectivity index (χ0) is 13.9. The van der Waals surface area contributed by atoms with Gasteiger partial charge in [0.15, 0.2) is 0 Å². The molecule has 98 valence electrons. The highest BCUT2D eigenvalue weighted by atomic mass is 16.5. The molecular weight excluding hydrogens is 252 g/mol.